The number of thiophene rings is 1. The summed E-state index contributed by atoms with van der Waals surface area (Å²) in [5.41, 5.74) is 12.9. The van der Waals surface area contributed by atoms with Gasteiger partial charge in [0.25, 0.3) is 0 Å². The van der Waals surface area contributed by atoms with Crippen LogP contribution < -0.4 is 0 Å². The van der Waals surface area contributed by atoms with E-state index in [0.29, 0.717) is 17.6 Å². The molecule has 0 aliphatic carbocycles. The van der Waals surface area contributed by atoms with E-state index in [2.05, 4.69) is 226 Å². The van der Waals surface area contributed by atoms with E-state index in [-0.39, 0.29) is 0 Å². The number of rotatable bonds is 6. The van der Waals surface area contributed by atoms with E-state index in [4.69, 9.17) is 15.0 Å². The highest BCUT2D eigenvalue weighted by Gasteiger charge is 2.25. The van der Waals surface area contributed by atoms with Crippen LogP contribution >= 0.6 is 11.3 Å². The first kappa shape index (κ1) is 38.9. The fourth-order valence-electron chi connectivity index (χ4n) is 11.1. The van der Waals surface area contributed by atoms with Gasteiger partial charge < -0.3 is 9.13 Å². The summed E-state index contributed by atoms with van der Waals surface area (Å²) >= 11 is 1.80. The topological polar surface area (TPSA) is 53.5 Å². The van der Waals surface area contributed by atoms with Gasteiger partial charge in [-0.3, -0.25) is 4.57 Å². The van der Waals surface area contributed by atoms with Gasteiger partial charge in [-0.1, -0.05) is 170 Å². The first-order valence-corrected chi connectivity index (χ1v) is 24.4. The van der Waals surface area contributed by atoms with Crippen molar-refractivity contribution in [2.24, 2.45) is 0 Å². The van der Waals surface area contributed by atoms with E-state index in [1.807, 2.05) is 18.2 Å². The molecule has 10 aromatic carbocycles. The average molecular weight is 911 g/mol. The molecule has 5 heterocycles. The van der Waals surface area contributed by atoms with Gasteiger partial charge in [-0.05, 0) is 71.8 Å². The molecule has 326 valence electrons. The lowest BCUT2D eigenvalue weighted by Crippen LogP contribution is -2.07. The van der Waals surface area contributed by atoms with Crippen LogP contribution in [-0.2, 0) is 0 Å². The van der Waals surface area contributed by atoms with Crippen molar-refractivity contribution < 1.29 is 0 Å². The molecule has 0 amide bonds. The Balaban J connectivity index is 1.08. The van der Waals surface area contributed by atoms with E-state index in [0.717, 1.165) is 77.1 Å². The van der Waals surface area contributed by atoms with E-state index in [9.17, 15) is 0 Å². The Bertz CT molecular complexity index is 4530. The summed E-state index contributed by atoms with van der Waals surface area (Å²) in [6.45, 7) is 0. The number of hydrogen-bond donors (Lipinski definition) is 0. The maximum Gasteiger partial charge on any atom is 0.238 e. The highest BCUT2D eigenvalue weighted by molar-refractivity contribution is 7.25. The van der Waals surface area contributed by atoms with Crippen LogP contribution in [0.2, 0.25) is 0 Å². The van der Waals surface area contributed by atoms with Crippen LogP contribution in [0.15, 0.2) is 231 Å². The quantitative estimate of drug-likeness (QED) is 0.167. The van der Waals surface area contributed by atoms with Crippen molar-refractivity contribution in [2.75, 3.05) is 0 Å². The molecule has 0 unspecified atom stereocenters. The molecule has 0 spiro atoms. The maximum atomic E-state index is 5.60. The van der Waals surface area contributed by atoms with E-state index < -0.39 is 0 Å². The number of para-hydroxylation sites is 3. The summed E-state index contributed by atoms with van der Waals surface area (Å²) in [4.78, 5) is 16.4. The van der Waals surface area contributed by atoms with Gasteiger partial charge in [0.2, 0.25) is 5.95 Å². The molecule has 0 radical (unpaired) electrons. The van der Waals surface area contributed by atoms with Crippen LogP contribution in [0.1, 0.15) is 0 Å². The Labute approximate surface area is 405 Å². The van der Waals surface area contributed by atoms with Crippen molar-refractivity contribution in [1.29, 1.82) is 0 Å². The SMILES string of the molecule is c1ccc(-c2ccc(-n3c4ccccc4c4ccc5c6cc(-n7c8ccccc8c8ccccc87)ccc6n(-c6nc(-c7ccccc7)nc(-c7cccc8sc9ccccc9c78)n6)c5c43)cc2)cc1. The van der Waals surface area contributed by atoms with Crippen LogP contribution in [-0.4, -0.2) is 28.7 Å². The first-order valence-electron chi connectivity index (χ1n) is 23.6. The van der Waals surface area contributed by atoms with Gasteiger partial charge in [-0.15, -0.1) is 11.3 Å². The highest BCUT2D eigenvalue weighted by atomic mass is 32.1. The van der Waals surface area contributed by atoms with Gasteiger partial charge in [0.1, 0.15) is 0 Å². The summed E-state index contributed by atoms with van der Waals surface area (Å²) in [5.74, 6) is 1.78. The van der Waals surface area contributed by atoms with Gasteiger partial charge in [0, 0.05) is 75.0 Å². The highest BCUT2D eigenvalue weighted by Crippen LogP contribution is 2.44. The molecule has 6 nitrogen and oxygen atoms in total. The van der Waals surface area contributed by atoms with Crippen LogP contribution in [0.3, 0.4) is 0 Å². The zero-order valence-electron chi connectivity index (χ0n) is 37.5. The number of nitrogens with zero attached hydrogens (tertiary/aromatic N) is 6. The third kappa shape index (κ3) is 5.76. The van der Waals surface area contributed by atoms with Gasteiger partial charge in [-0.25, -0.2) is 4.98 Å². The average Bonchev–Trinajstić information content (AvgIpc) is 4.18. The fraction of sp³-hybridized carbons (Fsp3) is 0. The van der Waals surface area contributed by atoms with Gasteiger partial charge in [-0.2, -0.15) is 9.97 Å². The Morgan fingerprint density at radius 2 is 0.814 bits per heavy atom. The van der Waals surface area contributed by atoms with Crippen LogP contribution in [0.4, 0.5) is 0 Å². The molecule has 0 atom stereocenters. The predicted octanol–water partition coefficient (Wildman–Crippen LogP) is 16.5. The van der Waals surface area contributed by atoms with Gasteiger partial charge in [0.05, 0.1) is 33.1 Å². The summed E-state index contributed by atoms with van der Waals surface area (Å²) in [5, 5.41) is 9.32. The first-order chi connectivity index (χ1) is 34.7. The molecule has 15 rings (SSSR count). The maximum absolute atomic E-state index is 5.60. The van der Waals surface area contributed by atoms with Crippen molar-refractivity contribution in [3.8, 4) is 51.2 Å². The van der Waals surface area contributed by atoms with Crippen molar-refractivity contribution in [2.45, 2.75) is 0 Å². The van der Waals surface area contributed by atoms with Gasteiger partial charge in [0.15, 0.2) is 11.6 Å². The third-order valence-electron chi connectivity index (χ3n) is 14.1. The Hall–Kier alpha value is -9.17. The standard InChI is InChI=1S/C63H38N6S/c1-3-16-39(17-4-1)40-30-32-42(33-31-40)68-54-27-13-9-22-46(54)47-35-36-48-51-38-43(67-52-25-11-7-20-44(52)45-21-8-12-26-53(45)67)34-37-55(51)69(60(48)59(47)68)63-65-61(41-18-5-2-6-19-41)64-62(66-63)50-24-15-29-57-58(50)49-23-10-14-28-56(49)70-57/h1-38H. The lowest BCUT2D eigenvalue weighted by molar-refractivity contribution is 0.954. The number of fused-ring (bicyclic) bond motifs is 13. The molecule has 5 aromatic heterocycles. The normalized spacial score (nSPS) is 12.0. The second-order valence-corrected chi connectivity index (χ2v) is 19.0. The van der Waals surface area contributed by atoms with Crippen molar-refractivity contribution >= 4 is 96.9 Å². The van der Waals surface area contributed by atoms with Crippen molar-refractivity contribution in [1.82, 2.24) is 28.7 Å². The second-order valence-electron chi connectivity index (χ2n) is 18.0. The molecular weight excluding hydrogens is 873 g/mol. The lowest BCUT2D eigenvalue weighted by Gasteiger charge is -2.14. The van der Waals surface area contributed by atoms with Crippen LogP contribution in [0.5, 0.6) is 0 Å². The minimum atomic E-state index is 0.550. The summed E-state index contributed by atoms with van der Waals surface area (Å²) in [6.07, 6.45) is 0. The van der Waals surface area contributed by atoms with Gasteiger partial charge >= 0.3 is 0 Å². The molecule has 15 aromatic rings. The number of hydrogen-bond acceptors (Lipinski definition) is 4. The molecule has 0 aliphatic rings. The van der Waals surface area contributed by atoms with Crippen LogP contribution in [0.25, 0.3) is 137 Å². The van der Waals surface area contributed by atoms with E-state index >= 15 is 0 Å². The fourth-order valence-corrected chi connectivity index (χ4v) is 12.2. The molecule has 0 fully saturated rings. The monoisotopic (exact) mass is 910 g/mol. The second kappa shape index (κ2) is 15.2. The number of benzene rings is 10. The third-order valence-corrected chi connectivity index (χ3v) is 15.3. The minimum Gasteiger partial charge on any atom is -0.309 e. The van der Waals surface area contributed by atoms with E-state index in [1.54, 1.807) is 11.3 Å². The Morgan fingerprint density at radius 3 is 1.53 bits per heavy atom. The molecule has 0 N–H and O–H groups in total. The molecule has 0 bridgehead atoms. The zero-order valence-corrected chi connectivity index (χ0v) is 38.3. The summed E-state index contributed by atoms with van der Waals surface area (Å²) < 4.78 is 9.57. The van der Waals surface area contributed by atoms with Crippen molar-refractivity contribution in [3.05, 3.63) is 231 Å². The summed E-state index contributed by atoms with van der Waals surface area (Å²) in [6, 6.07) is 82.6. The molecule has 7 heteroatoms. The number of aromatic nitrogens is 6. The Kier molecular flexibility index (Phi) is 8.43. The van der Waals surface area contributed by atoms with Crippen LogP contribution in [0, 0.1) is 0 Å². The Morgan fingerprint density at radius 1 is 0.300 bits per heavy atom. The molecule has 70 heavy (non-hydrogen) atoms. The predicted molar refractivity (Wildman–Crippen MR) is 292 cm³/mol. The lowest BCUT2D eigenvalue weighted by atomic mass is 10.1. The molecule has 0 saturated carbocycles. The largest absolute Gasteiger partial charge is 0.309 e. The van der Waals surface area contributed by atoms with Crippen molar-refractivity contribution in [3.63, 3.8) is 0 Å². The minimum absolute atomic E-state index is 0.550. The molecule has 0 saturated heterocycles. The smallest absolute Gasteiger partial charge is 0.238 e. The molecular formula is C63H38N6S. The summed E-state index contributed by atoms with van der Waals surface area (Å²) in [7, 11) is 0. The van der Waals surface area contributed by atoms with E-state index in [1.165, 1.54) is 42.1 Å². The molecule has 0 aliphatic heterocycles. The zero-order chi connectivity index (χ0) is 45.9.